The predicted molar refractivity (Wildman–Crippen MR) is 39.2 cm³/mol. The standard InChI is InChI=1S/C8H10FN.I/c9-8-4-2-1-3-7(8)5-6-10;/h1-4H,5-6,10H2;/q;-2. The SMILES string of the molecule is NCCc1ccccc1F.[I-2]. The first-order valence-electron chi connectivity index (χ1n) is 3.28. The van der Waals surface area contributed by atoms with Crippen LogP contribution in [0.15, 0.2) is 24.3 Å². The van der Waals surface area contributed by atoms with Crippen molar-refractivity contribution in [2.45, 2.75) is 6.42 Å². The number of hydrogen-bond donors (Lipinski definition) is 1. The highest BCUT2D eigenvalue weighted by molar-refractivity contribution is 5.17. The van der Waals surface area contributed by atoms with Crippen LogP contribution in [0.2, 0.25) is 0 Å². The summed E-state index contributed by atoms with van der Waals surface area (Å²) in [5.74, 6) is -0.159. The van der Waals surface area contributed by atoms with Gasteiger partial charge in [0.2, 0.25) is 0 Å². The molecule has 0 aromatic heterocycles. The van der Waals surface area contributed by atoms with E-state index in [1.165, 1.54) is 6.07 Å². The number of rotatable bonds is 2. The van der Waals surface area contributed by atoms with Crippen LogP contribution in [0.5, 0.6) is 0 Å². The van der Waals surface area contributed by atoms with Gasteiger partial charge in [0.15, 0.2) is 0 Å². The molecule has 0 aliphatic carbocycles. The van der Waals surface area contributed by atoms with Gasteiger partial charge < -0.3 is 29.7 Å². The van der Waals surface area contributed by atoms with E-state index in [9.17, 15) is 4.39 Å². The smallest absolute Gasteiger partial charge is 0.126 e. The van der Waals surface area contributed by atoms with Crippen LogP contribution in [0, 0.1) is 29.8 Å². The Morgan fingerprint density at radius 2 is 1.91 bits per heavy atom. The van der Waals surface area contributed by atoms with Crippen molar-refractivity contribution in [3.8, 4) is 0 Å². The molecule has 11 heavy (non-hydrogen) atoms. The normalized spacial score (nSPS) is 8.91. The van der Waals surface area contributed by atoms with E-state index in [2.05, 4.69) is 0 Å². The minimum Gasteiger partial charge on any atom is -2.00 e. The second kappa shape index (κ2) is 5.49. The van der Waals surface area contributed by atoms with Crippen molar-refractivity contribution in [2.75, 3.05) is 6.54 Å². The molecule has 0 unspecified atom stereocenters. The van der Waals surface area contributed by atoms with E-state index in [-0.39, 0.29) is 29.8 Å². The van der Waals surface area contributed by atoms with E-state index in [0.29, 0.717) is 18.5 Å². The summed E-state index contributed by atoms with van der Waals surface area (Å²) in [4.78, 5) is 0. The van der Waals surface area contributed by atoms with Gasteiger partial charge in [0.25, 0.3) is 0 Å². The zero-order chi connectivity index (χ0) is 7.40. The monoisotopic (exact) mass is 266 g/mol. The third kappa shape index (κ3) is 3.16. The molecule has 1 rings (SSSR count). The topological polar surface area (TPSA) is 26.0 Å². The number of halogens is 2. The van der Waals surface area contributed by atoms with Gasteiger partial charge >= 0.3 is 0 Å². The Labute approximate surface area is 82.8 Å². The Morgan fingerprint density at radius 1 is 1.27 bits per heavy atom. The summed E-state index contributed by atoms with van der Waals surface area (Å²) in [6.45, 7) is 0.501. The Bertz CT molecular complexity index is 215. The van der Waals surface area contributed by atoms with Gasteiger partial charge in [-0.1, -0.05) is 18.2 Å². The summed E-state index contributed by atoms with van der Waals surface area (Å²) in [7, 11) is 0. The number of benzene rings is 1. The molecular formula is C8H10FIN-2. The van der Waals surface area contributed by atoms with Crippen LogP contribution in [0.4, 0.5) is 4.39 Å². The van der Waals surface area contributed by atoms with Crippen molar-refractivity contribution in [3.05, 3.63) is 35.6 Å². The summed E-state index contributed by atoms with van der Waals surface area (Å²) in [6, 6.07) is 6.69. The van der Waals surface area contributed by atoms with Crippen LogP contribution >= 0.6 is 0 Å². The lowest BCUT2D eigenvalue weighted by molar-refractivity contribution is -0.00000273. The predicted octanol–water partition coefficient (Wildman–Crippen LogP) is 1.33. The molecule has 0 aliphatic heterocycles. The van der Waals surface area contributed by atoms with Gasteiger partial charge in [0.1, 0.15) is 5.82 Å². The van der Waals surface area contributed by atoms with E-state index in [1.807, 2.05) is 6.07 Å². The summed E-state index contributed by atoms with van der Waals surface area (Å²) in [6.07, 6.45) is 0.618. The van der Waals surface area contributed by atoms with E-state index in [4.69, 9.17) is 5.73 Å². The van der Waals surface area contributed by atoms with Gasteiger partial charge in [-0.05, 0) is 24.6 Å². The molecule has 1 radical (unpaired) electrons. The molecule has 3 heteroatoms. The van der Waals surface area contributed by atoms with Crippen LogP contribution in [0.1, 0.15) is 5.56 Å². The highest BCUT2D eigenvalue weighted by Crippen LogP contribution is 2.05. The Hall–Kier alpha value is -0.160. The maximum absolute atomic E-state index is 12.7. The van der Waals surface area contributed by atoms with Crippen molar-refractivity contribution in [1.29, 1.82) is 0 Å². The first-order chi connectivity index (χ1) is 4.84. The lowest BCUT2D eigenvalue weighted by Gasteiger charge is -2.00. The average molecular weight is 266 g/mol. The summed E-state index contributed by atoms with van der Waals surface area (Å²) in [5, 5.41) is 0. The van der Waals surface area contributed by atoms with Crippen molar-refractivity contribution < 1.29 is 28.4 Å². The molecule has 2 N–H and O–H groups in total. The van der Waals surface area contributed by atoms with Crippen LogP contribution in [-0.4, -0.2) is 6.54 Å². The molecule has 1 aromatic rings. The van der Waals surface area contributed by atoms with Gasteiger partial charge in [-0.25, -0.2) is 4.39 Å². The fourth-order valence-electron chi connectivity index (χ4n) is 0.857. The summed E-state index contributed by atoms with van der Waals surface area (Å²) < 4.78 is 12.7. The van der Waals surface area contributed by atoms with E-state index >= 15 is 0 Å². The van der Waals surface area contributed by atoms with E-state index in [1.54, 1.807) is 12.1 Å². The maximum Gasteiger partial charge on any atom is 0.126 e. The fourth-order valence-corrected chi connectivity index (χ4v) is 0.857. The maximum atomic E-state index is 12.7. The highest BCUT2D eigenvalue weighted by atomic mass is 127. The van der Waals surface area contributed by atoms with Crippen molar-refractivity contribution >= 4 is 0 Å². The first kappa shape index (κ1) is 10.8. The lowest BCUT2D eigenvalue weighted by atomic mass is 10.1. The molecule has 0 atom stereocenters. The largest absolute Gasteiger partial charge is 2.00 e. The Balaban J connectivity index is 0.000001000. The quantitative estimate of drug-likeness (QED) is 0.803. The molecule has 63 valence electrons. The molecule has 1 nitrogen and oxygen atoms in total. The molecule has 0 spiro atoms. The molecular weight excluding hydrogens is 256 g/mol. The molecule has 0 fully saturated rings. The minimum absolute atomic E-state index is 0. The van der Waals surface area contributed by atoms with Gasteiger partial charge in [0.05, 0.1) is 0 Å². The fraction of sp³-hybridized carbons (Fsp3) is 0.250. The summed E-state index contributed by atoms with van der Waals surface area (Å²) in [5.41, 5.74) is 5.96. The molecule has 1 aromatic carbocycles. The van der Waals surface area contributed by atoms with Gasteiger partial charge in [0, 0.05) is 0 Å². The summed E-state index contributed by atoms with van der Waals surface area (Å²) >= 11 is 0. The van der Waals surface area contributed by atoms with Crippen LogP contribution in [-0.2, 0) is 6.42 Å². The lowest BCUT2D eigenvalue weighted by Crippen LogP contribution is -2.03. The molecule has 0 saturated carbocycles. The van der Waals surface area contributed by atoms with E-state index in [0.717, 1.165) is 0 Å². The minimum atomic E-state index is -0.159. The number of nitrogens with two attached hydrogens (primary N) is 1. The Kier molecular flexibility index (Phi) is 5.41. The van der Waals surface area contributed by atoms with Gasteiger partial charge in [-0.2, -0.15) is 0 Å². The molecule has 0 amide bonds. The second-order valence-corrected chi connectivity index (χ2v) is 2.13. The molecule has 0 heterocycles. The van der Waals surface area contributed by atoms with Crippen molar-refractivity contribution in [1.82, 2.24) is 0 Å². The van der Waals surface area contributed by atoms with E-state index < -0.39 is 0 Å². The van der Waals surface area contributed by atoms with Crippen molar-refractivity contribution in [3.63, 3.8) is 0 Å². The highest BCUT2D eigenvalue weighted by Gasteiger charge is 1.96. The van der Waals surface area contributed by atoms with Gasteiger partial charge in [-0.15, -0.1) is 0 Å². The number of hydrogen-bond acceptors (Lipinski definition) is 1. The van der Waals surface area contributed by atoms with Crippen molar-refractivity contribution in [2.24, 2.45) is 5.73 Å². The Morgan fingerprint density at radius 3 is 2.45 bits per heavy atom. The third-order valence-electron chi connectivity index (χ3n) is 1.37. The second-order valence-electron chi connectivity index (χ2n) is 2.13. The van der Waals surface area contributed by atoms with Crippen LogP contribution < -0.4 is 5.73 Å². The molecule has 0 aliphatic rings. The zero-order valence-electron chi connectivity index (χ0n) is 6.06. The molecule has 0 bridgehead atoms. The first-order valence-corrected chi connectivity index (χ1v) is 3.28. The van der Waals surface area contributed by atoms with Gasteiger partial charge in [-0.3, -0.25) is 0 Å². The average Bonchev–Trinajstić information content (AvgIpc) is 1.94. The zero-order valence-corrected chi connectivity index (χ0v) is 8.21. The third-order valence-corrected chi connectivity index (χ3v) is 1.37. The van der Waals surface area contributed by atoms with Crippen LogP contribution in [0.25, 0.3) is 0 Å². The van der Waals surface area contributed by atoms with Crippen LogP contribution in [0.3, 0.4) is 0 Å². The molecule has 0 saturated heterocycles.